The Morgan fingerprint density at radius 2 is 2.17 bits per heavy atom. The van der Waals surface area contributed by atoms with Gasteiger partial charge in [-0.25, -0.2) is 8.42 Å². The highest BCUT2D eigenvalue weighted by Crippen LogP contribution is 2.20. The average Bonchev–Trinajstić information content (AvgIpc) is 2.28. The monoisotopic (exact) mass is 278 g/mol. The van der Waals surface area contributed by atoms with Gasteiger partial charge in [0, 0.05) is 19.7 Å². The molecule has 0 spiro atoms. The molecule has 7 heteroatoms. The molecular weight excluding hydrogens is 256 g/mol. The van der Waals surface area contributed by atoms with Crippen LogP contribution in [0.3, 0.4) is 0 Å². The molecule has 6 nitrogen and oxygen atoms in total. The summed E-state index contributed by atoms with van der Waals surface area (Å²) in [5.41, 5.74) is 0. The zero-order valence-corrected chi connectivity index (χ0v) is 12.0. The zero-order chi connectivity index (χ0) is 13.8. The topological polar surface area (TPSA) is 75.7 Å². The molecule has 0 aliphatic carbocycles. The molecule has 0 radical (unpaired) electrons. The minimum absolute atomic E-state index is 0.120. The van der Waals surface area contributed by atoms with E-state index < -0.39 is 16.1 Å². The van der Waals surface area contributed by atoms with Gasteiger partial charge in [0.05, 0.1) is 12.9 Å². The van der Waals surface area contributed by atoms with Gasteiger partial charge in [-0.05, 0) is 19.8 Å². The molecule has 18 heavy (non-hydrogen) atoms. The van der Waals surface area contributed by atoms with E-state index in [-0.39, 0.29) is 11.9 Å². The fourth-order valence-electron chi connectivity index (χ4n) is 2.19. The molecule has 0 saturated carbocycles. The number of methoxy groups -OCH3 is 1. The van der Waals surface area contributed by atoms with Crippen LogP contribution in [0.5, 0.6) is 0 Å². The molecule has 1 N–H and O–H groups in total. The van der Waals surface area contributed by atoms with Gasteiger partial charge in [0.15, 0.2) is 0 Å². The van der Waals surface area contributed by atoms with E-state index in [1.54, 1.807) is 7.11 Å². The molecular formula is C11H22N2O4S. The Balaban J connectivity index is 2.69. The smallest absolute Gasteiger partial charge is 0.238 e. The maximum Gasteiger partial charge on any atom is 0.238 e. The molecule has 1 fully saturated rings. The standard InChI is InChI=1S/C11H22N2O4S/c1-9(8-17-2)12-11(14)10-6-4-5-7-13(10)18(3,15)16/h9-10H,4-8H2,1-3H3,(H,12,14)/t9-,10-/m0/s1. The summed E-state index contributed by atoms with van der Waals surface area (Å²) >= 11 is 0. The zero-order valence-electron chi connectivity index (χ0n) is 11.2. The number of hydrogen-bond donors (Lipinski definition) is 1. The summed E-state index contributed by atoms with van der Waals surface area (Å²) in [5, 5.41) is 2.78. The van der Waals surface area contributed by atoms with Crippen LogP contribution in [0.2, 0.25) is 0 Å². The molecule has 1 rings (SSSR count). The Bertz CT molecular complexity index is 383. The van der Waals surface area contributed by atoms with E-state index in [0.29, 0.717) is 19.6 Å². The lowest BCUT2D eigenvalue weighted by molar-refractivity contribution is -0.126. The lowest BCUT2D eigenvalue weighted by atomic mass is 10.0. The number of carbonyl (C=O) groups excluding carboxylic acids is 1. The first kappa shape index (κ1) is 15.4. The quantitative estimate of drug-likeness (QED) is 0.765. The Morgan fingerprint density at radius 3 is 2.72 bits per heavy atom. The predicted molar refractivity (Wildman–Crippen MR) is 68.7 cm³/mol. The van der Waals surface area contributed by atoms with Crippen LogP contribution < -0.4 is 5.32 Å². The highest BCUT2D eigenvalue weighted by molar-refractivity contribution is 7.88. The molecule has 2 atom stereocenters. The number of nitrogens with one attached hydrogen (secondary N) is 1. The van der Waals surface area contributed by atoms with E-state index in [9.17, 15) is 13.2 Å². The van der Waals surface area contributed by atoms with E-state index >= 15 is 0 Å². The van der Waals surface area contributed by atoms with Crippen LogP contribution in [0.1, 0.15) is 26.2 Å². The van der Waals surface area contributed by atoms with Gasteiger partial charge >= 0.3 is 0 Å². The summed E-state index contributed by atoms with van der Waals surface area (Å²) in [6.07, 6.45) is 3.42. The van der Waals surface area contributed by atoms with Crippen molar-refractivity contribution in [3.8, 4) is 0 Å². The number of piperidine rings is 1. The van der Waals surface area contributed by atoms with Crippen LogP contribution in [-0.4, -0.2) is 57.2 Å². The van der Waals surface area contributed by atoms with E-state index in [1.165, 1.54) is 4.31 Å². The van der Waals surface area contributed by atoms with Gasteiger partial charge in [-0.1, -0.05) is 6.42 Å². The lowest BCUT2D eigenvalue weighted by Gasteiger charge is -2.33. The SMILES string of the molecule is COC[C@H](C)NC(=O)[C@@H]1CCCCN1S(C)(=O)=O. The molecule has 1 amide bonds. The van der Waals surface area contributed by atoms with Gasteiger partial charge in [-0.3, -0.25) is 4.79 Å². The maximum absolute atomic E-state index is 12.1. The minimum Gasteiger partial charge on any atom is -0.383 e. The number of amides is 1. The fourth-order valence-corrected chi connectivity index (χ4v) is 3.32. The number of hydrogen-bond acceptors (Lipinski definition) is 4. The number of sulfonamides is 1. The van der Waals surface area contributed by atoms with Crippen molar-refractivity contribution in [2.24, 2.45) is 0 Å². The van der Waals surface area contributed by atoms with E-state index in [2.05, 4.69) is 5.32 Å². The van der Waals surface area contributed by atoms with Crippen molar-refractivity contribution in [2.75, 3.05) is 26.5 Å². The third kappa shape index (κ3) is 4.22. The molecule has 1 heterocycles. The molecule has 0 aromatic heterocycles. The number of rotatable bonds is 5. The highest BCUT2D eigenvalue weighted by atomic mass is 32.2. The van der Waals surface area contributed by atoms with Crippen LogP contribution in [0.4, 0.5) is 0 Å². The molecule has 0 bridgehead atoms. The van der Waals surface area contributed by atoms with Crippen LogP contribution >= 0.6 is 0 Å². The molecule has 1 aliphatic rings. The summed E-state index contributed by atoms with van der Waals surface area (Å²) in [5.74, 6) is -0.232. The van der Waals surface area contributed by atoms with E-state index in [4.69, 9.17) is 4.74 Å². The Labute approximate surface area is 109 Å². The number of ether oxygens (including phenoxy) is 1. The van der Waals surface area contributed by atoms with Crippen LogP contribution in [0, 0.1) is 0 Å². The van der Waals surface area contributed by atoms with Gasteiger partial charge in [0.2, 0.25) is 15.9 Å². The Kier molecular flexibility index (Phi) is 5.55. The molecule has 1 aliphatic heterocycles. The Morgan fingerprint density at radius 1 is 1.50 bits per heavy atom. The summed E-state index contributed by atoms with van der Waals surface area (Å²) < 4.78 is 29.5. The van der Waals surface area contributed by atoms with Gasteiger partial charge in [0.25, 0.3) is 0 Å². The van der Waals surface area contributed by atoms with Crippen molar-refractivity contribution < 1.29 is 17.9 Å². The van der Waals surface area contributed by atoms with Crippen molar-refractivity contribution >= 4 is 15.9 Å². The molecule has 1 saturated heterocycles. The first-order chi connectivity index (χ1) is 8.36. The minimum atomic E-state index is -3.33. The highest BCUT2D eigenvalue weighted by Gasteiger charge is 2.34. The Hall–Kier alpha value is -0.660. The van der Waals surface area contributed by atoms with Gasteiger partial charge in [-0.15, -0.1) is 0 Å². The number of nitrogens with zero attached hydrogens (tertiary/aromatic N) is 1. The average molecular weight is 278 g/mol. The second-order valence-electron chi connectivity index (χ2n) is 4.75. The van der Waals surface area contributed by atoms with Crippen LogP contribution in [0.15, 0.2) is 0 Å². The second-order valence-corrected chi connectivity index (χ2v) is 6.69. The summed E-state index contributed by atoms with van der Waals surface area (Å²) in [4.78, 5) is 12.1. The molecule has 0 unspecified atom stereocenters. The third-order valence-corrected chi connectivity index (χ3v) is 4.28. The van der Waals surface area contributed by atoms with Crippen molar-refractivity contribution in [2.45, 2.75) is 38.3 Å². The predicted octanol–water partition coefficient (Wildman–Crippen LogP) is -0.0484. The van der Waals surface area contributed by atoms with Crippen LogP contribution in [0.25, 0.3) is 0 Å². The van der Waals surface area contributed by atoms with Gasteiger partial charge in [0.1, 0.15) is 6.04 Å². The van der Waals surface area contributed by atoms with E-state index in [1.807, 2.05) is 6.92 Å². The first-order valence-electron chi connectivity index (χ1n) is 6.12. The summed E-state index contributed by atoms with van der Waals surface area (Å²) in [6, 6.07) is -0.695. The molecule has 0 aromatic rings. The van der Waals surface area contributed by atoms with Gasteiger partial charge in [-0.2, -0.15) is 4.31 Å². The normalized spacial score (nSPS) is 23.6. The van der Waals surface area contributed by atoms with Crippen molar-refractivity contribution in [3.63, 3.8) is 0 Å². The third-order valence-electron chi connectivity index (χ3n) is 2.99. The summed E-state index contributed by atoms with van der Waals surface area (Å²) in [7, 11) is -1.77. The van der Waals surface area contributed by atoms with Crippen molar-refractivity contribution in [1.82, 2.24) is 9.62 Å². The lowest BCUT2D eigenvalue weighted by Crippen LogP contribution is -2.53. The van der Waals surface area contributed by atoms with Crippen molar-refractivity contribution in [3.05, 3.63) is 0 Å². The second kappa shape index (κ2) is 6.49. The first-order valence-corrected chi connectivity index (χ1v) is 7.97. The number of carbonyl (C=O) groups is 1. The van der Waals surface area contributed by atoms with Crippen molar-refractivity contribution in [1.29, 1.82) is 0 Å². The van der Waals surface area contributed by atoms with Crippen LogP contribution in [-0.2, 0) is 19.6 Å². The maximum atomic E-state index is 12.1. The molecule has 106 valence electrons. The van der Waals surface area contributed by atoms with E-state index in [0.717, 1.165) is 19.1 Å². The largest absolute Gasteiger partial charge is 0.383 e. The van der Waals surface area contributed by atoms with Gasteiger partial charge < -0.3 is 10.1 Å². The fraction of sp³-hybridized carbons (Fsp3) is 0.909. The summed E-state index contributed by atoms with van der Waals surface area (Å²) in [6.45, 7) is 2.67. The molecule has 0 aromatic carbocycles.